The molecule has 0 fully saturated rings. The quantitative estimate of drug-likeness (QED) is 0.727. The molecule has 3 aromatic rings. The Labute approximate surface area is 159 Å². The summed E-state index contributed by atoms with van der Waals surface area (Å²) in [6, 6.07) is 19.6. The van der Waals surface area contributed by atoms with Gasteiger partial charge in [-0.25, -0.2) is 8.42 Å². The van der Waals surface area contributed by atoms with Crippen LogP contribution in [0.2, 0.25) is 0 Å². The van der Waals surface area contributed by atoms with Crippen molar-refractivity contribution in [3.8, 4) is 0 Å². The lowest BCUT2D eigenvalue weighted by Crippen LogP contribution is -2.45. The summed E-state index contributed by atoms with van der Waals surface area (Å²) in [4.78, 5) is 12.8. The zero-order valence-electron chi connectivity index (χ0n) is 15.5. The fraction of sp³-hybridized carbons (Fsp3) is 0.190. The third-order valence-electron chi connectivity index (χ3n) is 4.39. The number of hydrogen-bond acceptors (Lipinski definition) is 3. The van der Waals surface area contributed by atoms with E-state index in [0.29, 0.717) is 11.4 Å². The van der Waals surface area contributed by atoms with E-state index in [1.807, 2.05) is 61.5 Å². The maximum atomic E-state index is 12.8. The van der Waals surface area contributed by atoms with Crippen LogP contribution in [0.3, 0.4) is 0 Å². The van der Waals surface area contributed by atoms with Gasteiger partial charge in [0.15, 0.2) is 0 Å². The summed E-state index contributed by atoms with van der Waals surface area (Å²) in [6.45, 7) is 3.50. The molecule has 1 N–H and O–H groups in total. The highest BCUT2D eigenvalue weighted by Gasteiger charge is 2.29. The van der Waals surface area contributed by atoms with Crippen LogP contribution in [-0.4, -0.2) is 26.6 Å². The number of carbonyl (C=O) groups excluding carboxylic acids is 1. The van der Waals surface area contributed by atoms with E-state index in [-0.39, 0.29) is 0 Å². The predicted molar refractivity (Wildman–Crippen MR) is 111 cm³/mol. The number of aryl methyl sites for hydroxylation is 1. The van der Waals surface area contributed by atoms with Crippen LogP contribution in [0.25, 0.3) is 10.8 Å². The molecular formula is C21H22N2O3S. The van der Waals surface area contributed by atoms with Gasteiger partial charge in [-0.05, 0) is 48.9 Å². The number of fused-ring (bicyclic) bond motifs is 1. The predicted octanol–water partition coefficient (Wildman–Crippen LogP) is 3.94. The molecule has 0 aliphatic heterocycles. The Morgan fingerprint density at radius 3 is 2.22 bits per heavy atom. The minimum atomic E-state index is -3.63. The first-order valence-electron chi connectivity index (χ1n) is 8.61. The van der Waals surface area contributed by atoms with Crippen LogP contribution < -0.4 is 9.62 Å². The van der Waals surface area contributed by atoms with Gasteiger partial charge in [0.1, 0.15) is 6.04 Å². The number of nitrogens with zero attached hydrogens (tertiary/aromatic N) is 1. The maximum Gasteiger partial charge on any atom is 0.247 e. The number of nitrogens with one attached hydrogen (secondary N) is 1. The molecule has 0 aliphatic carbocycles. The third-order valence-corrected chi connectivity index (χ3v) is 5.64. The van der Waals surface area contributed by atoms with Crippen molar-refractivity contribution in [3.05, 3.63) is 72.3 Å². The second-order valence-electron chi connectivity index (χ2n) is 6.62. The number of carbonyl (C=O) groups is 1. The van der Waals surface area contributed by atoms with Crippen molar-refractivity contribution in [2.75, 3.05) is 15.9 Å². The molecule has 0 saturated heterocycles. The van der Waals surface area contributed by atoms with Gasteiger partial charge >= 0.3 is 0 Å². The Hall–Kier alpha value is -2.86. The smallest absolute Gasteiger partial charge is 0.247 e. The Morgan fingerprint density at radius 1 is 0.963 bits per heavy atom. The minimum absolute atomic E-state index is 0.392. The monoisotopic (exact) mass is 382 g/mol. The molecule has 0 aliphatic rings. The summed E-state index contributed by atoms with van der Waals surface area (Å²) in [6.07, 6.45) is 1.10. The molecule has 6 heteroatoms. The van der Waals surface area contributed by atoms with Crippen molar-refractivity contribution < 1.29 is 13.2 Å². The van der Waals surface area contributed by atoms with Crippen LogP contribution in [0.4, 0.5) is 11.4 Å². The molecule has 3 rings (SSSR count). The summed E-state index contributed by atoms with van der Waals surface area (Å²) >= 11 is 0. The first-order chi connectivity index (χ1) is 12.8. The molecule has 0 bridgehead atoms. The first kappa shape index (κ1) is 18.9. The van der Waals surface area contributed by atoms with Gasteiger partial charge in [-0.3, -0.25) is 9.10 Å². The molecule has 0 heterocycles. The highest BCUT2D eigenvalue weighted by Crippen LogP contribution is 2.23. The number of benzene rings is 3. The van der Waals surface area contributed by atoms with Gasteiger partial charge < -0.3 is 5.32 Å². The Balaban J connectivity index is 1.87. The summed E-state index contributed by atoms with van der Waals surface area (Å²) in [7, 11) is -3.63. The summed E-state index contributed by atoms with van der Waals surface area (Å²) in [5.74, 6) is -0.392. The zero-order chi connectivity index (χ0) is 19.6. The lowest BCUT2D eigenvalue weighted by atomic mass is 10.1. The Bertz CT molecular complexity index is 1080. The average Bonchev–Trinajstić information content (AvgIpc) is 2.62. The van der Waals surface area contributed by atoms with E-state index in [1.165, 1.54) is 0 Å². The van der Waals surface area contributed by atoms with Crippen molar-refractivity contribution in [3.63, 3.8) is 0 Å². The minimum Gasteiger partial charge on any atom is -0.324 e. The van der Waals surface area contributed by atoms with Gasteiger partial charge in [0.25, 0.3) is 0 Å². The molecular weight excluding hydrogens is 360 g/mol. The van der Waals surface area contributed by atoms with Gasteiger partial charge in [0.2, 0.25) is 15.9 Å². The fourth-order valence-corrected chi connectivity index (χ4v) is 4.19. The molecule has 27 heavy (non-hydrogen) atoms. The lowest BCUT2D eigenvalue weighted by Gasteiger charge is -2.28. The van der Waals surface area contributed by atoms with Crippen LogP contribution in [0.5, 0.6) is 0 Å². The van der Waals surface area contributed by atoms with E-state index in [2.05, 4.69) is 5.32 Å². The summed E-state index contributed by atoms with van der Waals surface area (Å²) in [5, 5.41) is 4.89. The molecule has 1 atom stereocenters. The molecule has 140 valence electrons. The van der Waals surface area contributed by atoms with Crippen LogP contribution in [0.15, 0.2) is 66.7 Å². The van der Waals surface area contributed by atoms with Crippen molar-refractivity contribution in [2.45, 2.75) is 19.9 Å². The van der Waals surface area contributed by atoms with E-state index in [1.54, 1.807) is 19.1 Å². The molecule has 0 saturated carbocycles. The highest BCUT2D eigenvalue weighted by atomic mass is 32.2. The number of sulfonamides is 1. The Morgan fingerprint density at radius 2 is 1.59 bits per heavy atom. The van der Waals surface area contributed by atoms with E-state index < -0.39 is 22.0 Å². The summed E-state index contributed by atoms with van der Waals surface area (Å²) in [5.41, 5.74) is 2.10. The van der Waals surface area contributed by atoms with Gasteiger partial charge in [0.05, 0.1) is 11.9 Å². The van der Waals surface area contributed by atoms with Gasteiger partial charge in [0, 0.05) is 5.69 Å². The van der Waals surface area contributed by atoms with Crippen molar-refractivity contribution in [2.24, 2.45) is 0 Å². The number of hydrogen-bond donors (Lipinski definition) is 1. The fourth-order valence-electron chi connectivity index (χ4n) is 3.01. The van der Waals surface area contributed by atoms with Gasteiger partial charge in [-0.15, -0.1) is 0 Å². The zero-order valence-corrected chi connectivity index (χ0v) is 16.3. The highest BCUT2D eigenvalue weighted by molar-refractivity contribution is 7.92. The number of amides is 1. The topological polar surface area (TPSA) is 66.5 Å². The van der Waals surface area contributed by atoms with Crippen LogP contribution in [-0.2, 0) is 14.8 Å². The lowest BCUT2D eigenvalue weighted by molar-refractivity contribution is -0.116. The van der Waals surface area contributed by atoms with Crippen LogP contribution >= 0.6 is 0 Å². The standard InChI is InChI=1S/C21H22N2O3S/c1-15-8-12-20(13-9-15)23(27(3,25)26)16(2)21(24)22-19-11-10-17-6-4-5-7-18(17)14-19/h4-14,16H,1-3H3,(H,22,24)/t16-/m1/s1. The van der Waals surface area contributed by atoms with Crippen molar-refractivity contribution >= 4 is 38.1 Å². The normalized spacial score (nSPS) is 12.6. The van der Waals surface area contributed by atoms with E-state index >= 15 is 0 Å². The second kappa shape index (κ2) is 7.40. The van der Waals surface area contributed by atoms with Crippen LogP contribution in [0.1, 0.15) is 12.5 Å². The van der Waals surface area contributed by atoms with Gasteiger partial charge in [-0.2, -0.15) is 0 Å². The SMILES string of the molecule is Cc1ccc(N([C@H](C)C(=O)Nc2ccc3ccccc3c2)S(C)(=O)=O)cc1. The molecule has 3 aromatic carbocycles. The van der Waals surface area contributed by atoms with Crippen LogP contribution in [0, 0.1) is 6.92 Å². The van der Waals surface area contributed by atoms with Crippen molar-refractivity contribution in [1.29, 1.82) is 0 Å². The molecule has 5 nitrogen and oxygen atoms in total. The maximum absolute atomic E-state index is 12.8. The average molecular weight is 382 g/mol. The molecule has 0 spiro atoms. The molecule has 1 amide bonds. The Kier molecular flexibility index (Phi) is 5.19. The molecule has 0 aromatic heterocycles. The number of anilines is 2. The molecule has 0 unspecified atom stereocenters. The number of rotatable bonds is 5. The van der Waals surface area contributed by atoms with E-state index in [4.69, 9.17) is 0 Å². The van der Waals surface area contributed by atoms with Crippen molar-refractivity contribution in [1.82, 2.24) is 0 Å². The third kappa shape index (κ3) is 4.28. The first-order valence-corrected chi connectivity index (χ1v) is 10.5. The van der Waals surface area contributed by atoms with E-state index in [0.717, 1.165) is 26.9 Å². The molecule has 0 radical (unpaired) electrons. The van der Waals surface area contributed by atoms with E-state index in [9.17, 15) is 13.2 Å². The summed E-state index contributed by atoms with van der Waals surface area (Å²) < 4.78 is 25.8. The largest absolute Gasteiger partial charge is 0.324 e. The second-order valence-corrected chi connectivity index (χ2v) is 8.48. The van der Waals surface area contributed by atoms with Gasteiger partial charge in [-0.1, -0.05) is 48.0 Å².